The van der Waals surface area contributed by atoms with E-state index in [-0.39, 0.29) is 54.0 Å². The zero-order valence-electron chi connectivity index (χ0n) is 4.60. The summed E-state index contributed by atoms with van der Waals surface area (Å²) in [4.78, 5) is 0. The maximum atomic E-state index is 0. The molecule has 0 fully saturated rings. The minimum absolute atomic E-state index is 0. The summed E-state index contributed by atoms with van der Waals surface area (Å²) in [5.41, 5.74) is 0. The molecule has 0 aromatic carbocycles. The first-order valence-electron chi connectivity index (χ1n) is 0. The Morgan fingerprint density at radius 1 is 0.286 bits per heavy atom. The Morgan fingerprint density at radius 2 is 0.286 bits per heavy atom. The molecule has 0 rings (SSSR count). The average Bonchev–Trinajstić information content (AvgIpc) is 0. The molecule has 0 saturated carbocycles. The second kappa shape index (κ2) is 2240. The van der Waals surface area contributed by atoms with Crippen molar-refractivity contribution >= 4 is 0 Å². The molecule has 0 aromatic rings. The molecule has 0 spiro atoms. The first kappa shape index (κ1) is 3670. The van der Waals surface area contributed by atoms with E-state index in [1.54, 1.807) is 0 Å². The zero-order chi connectivity index (χ0) is 0. The van der Waals surface area contributed by atoms with Gasteiger partial charge in [0.1, 0.15) is 0 Å². The van der Waals surface area contributed by atoms with Gasteiger partial charge in [-0.15, -0.1) is 0 Å². The van der Waals surface area contributed by atoms with E-state index in [0.29, 0.717) is 0 Å². The first-order chi connectivity index (χ1) is 0. The monoisotopic (exact) mass is 158 g/mol. The van der Waals surface area contributed by atoms with Crippen LogP contribution in [0.3, 0.4) is 0 Å². The number of hydrogen-bond donors (Lipinski definition) is 6. The molecular formula is H18FeN6. The fourth-order valence-corrected chi connectivity index (χ4v) is 0. The van der Waals surface area contributed by atoms with Gasteiger partial charge in [-0.1, -0.05) is 0 Å². The van der Waals surface area contributed by atoms with Crippen molar-refractivity contribution < 1.29 is 17.1 Å². The van der Waals surface area contributed by atoms with Crippen LogP contribution in [0.1, 0.15) is 0 Å². The molecular weight excluding hydrogens is 140 g/mol. The van der Waals surface area contributed by atoms with Crippen molar-refractivity contribution in [3.8, 4) is 0 Å². The van der Waals surface area contributed by atoms with E-state index in [1.807, 2.05) is 0 Å². The fourth-order valence-electron chi connectivity index (χ4n) is 0. The van der Waals surface area contributed by atoms with Crippen LogP contribution in [0.25, 0.3) is 0 Å². The second-order valence-corrected chi connectivity index (χ2v) is 0. The van der Waals surface area contributed by atoms with Crippen LogP contribution in [-0.4, -0.2) is 0 Å². The molecule has 18 N–H and O–H groups in total. The molecule has 56 valence electrons. The molecule has 7 heteroatoms. The van der Waals surface area contributed by atoms with E-state index in [2.05, 4.69) is 0 Å². The second-order valence-electron chi connectivity index (χ2n) is 0. The van der Waals surface area contributed by atoms with Crippen molar-refractivity contribution in [3.63, 3.8) is 0 Å². The van der Waals surface area contributed by atoms with Gasteiger partial charge in [-0.25, -0.2) is 0 Å². The summed E-state index contributed by atoms with van der Waals surface area (Å²) in [6.45, 7) is 0. The van der Waals surface area contributed by atoms with Crippen LogP contribution in [0.5, 0.6) is 0 Å². The van der Waals surface area contributed by atoms with E-state index < -0.39 is 0 Å². The maximum absolute atomic E-state index is 0. The molecule has 0 aliphatic heterocycles. The van der Waals surface area contributed by atoms with E-state index >= 15 is 0 Å². The predicted molar refractivity (Wildman–Crippen MR) is 30.1 cm³/mol. The Morgan fingerprint density at radius 3 is 0.286 bits per heavy atom. The first-order valence-corrected chi connectivity index (χ1v) is 0. The van der Waals surface area contributed by atoms with Crippen LogP contribution in [0, 0.1) is 0 Å². The van der Waals surface area contributed by atoms with Gasteiger partial charge in [0, 0.05) is 17.1 Å². The van der Waals surface area contributed by atoms with Gasteiger partial charge in [-0.05, 0) is 0 Å². The third kappa shape index (κ3) is 1470. The summed E-state index contributed by atoms with van der Waals surface area (Å²) in [5.74, 6) is 0. The fraction of sp³-hybridized carbons (Fsp3) is 0. The Balaban J connectivity index is 0. The van der Waals surface area contributed by atoms with Crippen molar-refractivity contribution in [1.82, 2.24) is 36.9 Å². The Hall–Kier alpha value is 0.279. The van der Waals surface area contributed by atoms with Crippen molar-refractivity contribution in [1.29, 1.82) is 0 Å². The normalized spacial score (nSPS) is 0. The van der Waals surface area contributed by atoms with Gasteiger partial charge in [-0.2, -0.15) is 0 Å². The van der Waals surface area contributed by atoms with Crippen molar-refractivity contribution in [2.45, 2.75) is 0 Å². The molecule has 0 amide bonds. The van der Waals surface area contributed by atoms with Gasteiger partial charge in [0.2, 0.25) is 0 Å². The van der Waals surface area contributed by atoms with Gasteiger partial charge in [0.25, 0.3) is 0 Å². The van der Waals surface area contributed by atoms with Crippen LogP contribution in [0.2, 0.25) is 0 Å². The van der Waals surface area contributed by atoms with E-state index in [9.17, 15) is 0 Å². The van der Waals surface area contributed by atoms with Gasteiger partial charge in [0.05, 0.1) is 0 Å². The third-order valence-corrected chi connectivity index (χ3v) is 0. The molecule has 0 bridgehead atoms. The number of hydrogen-bond acceptors (Lipinski definition) is 6. The van der Waals surface area contributed by atoms with Gasteiger partial charge in [-0.3, -0.25) is 0 Å². The summed E-state index contributed by atoms with van der Waals surface area (Å²) < 4.78 is 0. The van der Waals surface area contributed by atoms with Crippen LogP contribution < -0.4 is 36.9 Å². The molecule has 0 aliphatic carbocycles. The summed E-state index contributed by atoms with van der Waals surface area (Å²) in [6, 6.07) is 0. The van der Waals surface area contributed by atoms with Crippen LogP contribution in [-0.2, 0) is 17.1 Å². The minimum Gasteiger partial charge on any atom is -0.344 e. The molecule has 0 aliphatic rings. The quantitative estimate of drug-likeness (QED) is 0.282. The van der Waals surface area contributed by atoms with Crippen LogP contribution in [0.4, 0.5) is 0 Å². The Labute approximate surface area is 54.8 Å². The Kier molecular flexibility index (Phi) is 1180000. The summed E-state index contributed by atoms with van der Waals surface area (Å²) >= 11 is 0. The Bertz CT molecular complexity index is 4.14. The molecule has 0 unspecified atom stereocenters. The van der Waals surface area contributed by atoms with Gasteiger partial charge < -0.3 is 36.9 Å². The van der Waals surface area contributed by atoms with Gasteiger partial charge in [0.15, 0.2) is 0 Å². The van der Waals surface area contributed by atoms with E-state index in [1.165, 1.54) is 0 Å². The van der Waals surface area contributed by atoms with E-state index in [4.69, 9.17) is 0 Å². The van der Waals surface area contributed by atoms with Gasteiger partial charge >= 0.3 is 0 Å². The number of rotatable bonds is 0. The smallest absolute Gasteiger partial charge is 0 e. The molecule has 7 heavy (non-hydrogen) atoms. The SMILES string of the molecule is N.N.N.N.N.N.[Fe]. The molecule has 0 saturated heterocycles. The summed E-state index contributed by atoms with van der Waals surface area (Å²) in [7, 11) is 0. The van der Waals surface area contributed by atoms with Crippen LogP contribution in [0.15, 0.2) is 0 Å². The topological polar surface area (TPSA) is 210 Å². The summed E-state index contributed by atoms with van der Waals surface area (Å²) in [5, 5.41) is 0. The largest absolute Gasteiger partial charge is 0.344 e. The van der Waals surface area contributed by atoms with Crippen molar-refractivity contribution in [2.75, 3.05) is 0 Å². The van der Waals surface area contributed by atoms with Crippen molar-refractivity contribution in [3.05, 3.63) is 0 Å². The maximum Gasteiger partial charge on any atom is 0 e. The predicted octanol–water partition coefficient (Wildman–Crippen LogP) is 0.969. The average molecular weight is 158 g/mol. The molecule has 0 atom stereocenters. The minimum atomic E-state index is 0. The standard InChI is InChI=1S/Fe.6H3N/h;6*1H3. The molecule has 0 aromatic heterocycles. The molecule has 6 nitrogen and oxygen atoms in total. The van der Waals surface area contributed by atoms with Crippen molar-refractivity contribution in [2.24, 2.45) is 0 Å². The molecule has 0 heterocycles. The van der Waals surface area contributed by atoms with E-state index in [0.717, 1.165) is 0 Å². The van der Waals surface area contributed by atoms with Crippen LogP contribution >= 0.6 is 0 Å². The summed E-state index contributed by atoms with van der Waals surface area (Å²) in [6.07, 6.45) is 0. The zero-order valence-corrected chi connectivity index (χ0v) is 5.70. The molecule has 0 radical (unpaired) electrons. The third-order valence-electron chi connectivity index (χ3n) is 0.